The molecule has 0 fully saturated rings. The van der Waals surface area contributed by atoms with E-state index in [1.165, 1.54) is 24.1 Å². The second-order valence-electron chi connectivity index (χ2n) is 5.26. The molecule has 8 heteroatoms. The lowest BCUT2D eigenvalue weighted by Gasteiger charge is -2.15. The van der Waals surface area contributed by atoms with Gasteiger partial charge in [-0.15, -0.1) is 0 Å². The van der Waals surface area contributed by atoms with E-state index in [2.05, 4.69) is 5.32 Å². The zero-order valence-corrected chi connectivity index (χ0v) is 13.3. The van der Waals surface area contributed by atoms with Crippen molar-refractivity contribution in [1.29, 1.82) is 0 Å². The number of anilines is 1. The molecule has 2 rings (SSSR count). The number of hydrogen-bond donors (Lipinski definition) is 3. The average Bonchev–Trinajstić information content (AvgIpc) is 2.85. The quantitative estimate of drug-likeness (QED) is 0.643. The Morgan fingerprint density at radius 2 is 2.08 bits per heavy atom. The number of β-amino-alcohol motifs (C(OH)–C–C–N with tert-alkyl or cyclic N) is 1. The smallest absolute Gasteiger partial charge is 0.337 e. The fraction of sp³-hybridized carbons (Fsp3) is 0.312. The number of aliphatic hydroxyl groups excluding tert-OH is 1. The number of aliphatic hydroxyl groups is 1. The number of benzene rings is 1. The molecule has 128 valence electrons. The zero-order chi connectivity index (χ0) is 17.9. The minimum absolute atomic E-state index is 0.0199. The van der Waals surface area contributed by atoms with E-state index in [0.717, 1.165) is 0 Å². The maximum Gasteiger partial charge on any atom is 0.337 e. The highest BCUT2D eigenvalue weighted by Gasteiger charge is 2.34. The minimum atomic E-state index is -1.10. The molecule has 1 aliphatic rings. The number of carbonyl (C=O) groups is 3. The number of carboxylic acids is 1. The number of nitrogens with zero attached hydrogens (tertiary/aromatic N) is 1. The summed E-state index contributed by atoms with van der Waals surface area (Å²) in [5, 5.41) is 21.0. The summed E-state index contributed by atoms with van der Waals surface area (Å²) in [6, 6.07) is 4.45. The summed E-state index contributed by atoms with van der Waals surface area (Å²) in [7, 11) is 1.21. The standard InChI is InChI=1S/C16H18N2O6/c1-9-3-4-10(15(21)22)7-12(9)17-13-11(16(23)24-2)8-18(5-6-19)14(13)20/h3-4,7,17,19H,5-6,8H2,1-2H3,(H,21,22). The molecule has 0 aliphatic carbocycles. The van der Waals surface area contributed by atoms with Gasteiger partial charge in [-0.25, -0.2) is 9.59 Å². The van der Waals surface area contributed by atoms with Crippen molar-refractivity contribution in [2.24, 2.45) is 0 Å². The predicted molar refractivity (Wildman–Crippen MR) is 84.5 cm³/mol. The van der Waals surface area contributed by atoms with Crippen LogP contribution in [0.1, 0.15) is 15.9 Å². The summed E-state index contributed by atoms with van der Waals surface area (Å²) in [5.41, 5.74) is 1.34. The molecule has 0 bridgehead atoms. The Kier molecular flexibility index (Phi) is 5.20. The molecule has 1 heterocycles. The molecule has 1 aliphatic heterocycles. The number of ether oxygens (including phenoxy) is 1. The second kappa shape index (κ2) is 7.14. The maximum absolute atomic E-state index is 12.4. The zero-order valence-electron chi connectivity index (χ0n) is 13.3. The fourth-order valence-corrected chi connectivity index (χ4v) is 2.37. The Hall–Kier alpha value is -2.87. The van der Waals surface area contributed by atoms with Crippen LogP contribution in [-0.4, -0.2) is 59.8 Å². The maximum atomic E-state index is 12.4. The van der Waals surface area contributed by atoms with Gasteiger partial charge in [-0.05, 0) is 24.6 Å². The second-order valence-corrected chi connectivity index (χ2v) is 5.26. The number of methoxy groups -OCH3 is 1. The SMILES string of the molecule is COC(=O)C1=C(Nc2cc(C(=O)O)ccc2C)C(=O)N(CCO)C1. The van der Waals surface area contributed by atoms with Crippen LogP contribution in [0.2, 0.25) is 0 Å². The molecule has 1 aromatic carbocycles. The summed E-state index contributed by atoms with van der Waals surface area (Å²) < 4.78 is 4.70. The van der Waals surface area contributed by atoms with Gasteiger partial charge < -0.3 is 25.2 Å². The van der Waals surface area contributed by atoms with Crippen LogP contribution in [0, 0.1) is 6.92 Å². The van der Waals surface area contributed by atoms with E-state index in [1.807, 2.05) is 0 Å². The molecule has 3 N–H and O–H groups in total. The lowest BCUT2D eigenvalue weighted by Crippen LogP contribution is -2.31. The highest BCUT2D eigenvalue weighted by molar-refractivity contribution is 6.08. The first-order chi connectivity index (χ1) is 11.4. The molecule has 1 aromatic rings. The van der Waals surface area contributed by atoms with Crippen LogP contribution in [0.25, 0.3) is 0 Å². The van der Waals surface area contributed by atoms with Gasteiger partial charge in [0.1, 0.15) is 5.70 Å². The van der Waals surface area contributed by atoms with Crippen molar-refractivity contribution in [3.8, 4) is 0 Å². The Morgan fingerprint density at radius 3 is 2.67 bits per heavy atom. The van der Waals surface area contributed by atoms with E-state index < -0.39 is 17.8 Å². The largest absolute Gasteiger partial charge is 0.478 e. The van der Waals surface area contributed by atoms with E-state index in [4.69, 9.17) is 14.9 Å². The van der Waals surface area contributed by atoms with Gasteiger partial charge in [0.2, 0.25) is 0 Å². The van der Waals surface area contributed by atoms with Gasteiger partial charge in [-0.3, -0.25) is 4.79 Å². The van der Waals surface area contributed by atoms with Crippen molar-refractivity contribution in [2.45, 2.75) is 6.92 Å². The van der Waals surface area contributed by atoms with Gasteiger partial charge in [0, 0.05) is 12.2 Å². The molecule has 0 radical (unpaired) electrons. The van der Waals surface area contributed by atoms with E-state index >= 15 is 0 Å². The summed E-state index contributed by atoms with van der Waals surface area (Å²) in [6.45, 7) is 1.61. The van der Waals surface area contributed by atoms with Crippen molar-refractivity contribution in [1.82, 2.24) is 4.90 Å². The molecule has 0 unspecified atom stereocenters. The highest BCUT2D eigenvalue weighted by Crippen LogP contribution is 2.25. The molecule has 1 amide bonds. The normalized spacial score (nSPS) is 14.1. The lowest BCUT2D eigenvalue weighted by molar-refractivity contribution is -0.136. The molecule has 0 spiro atoms. The molecule has 0 saturated heterocycles. The van der Waals surface area contributed by atoms with Gasteiger partial charge >= 0.3 is 11.9 Å². The van der Waals surface area contributed by atoms with Gasteiger partial charge in [0.25, 0.3) is 5.91 Å². The predicted octanol–water partition coefficient (Wildman–Crippen LogP) is 0.367. The highest BCUT2D eigenvalue weighted by atomic mass is 16.5. The number of amides is 1. The van der Waals surface area contributed by atoms with Crippen LogP contribution in [0.3, 0.4) is 0 Å². The van der Waals surface area contributed by atoms with Crippen LogP contribution in [0.5, 0.6) is 0 Å². The topological polar surface area (TPSA) is 116 Å². The average molecular weight is 334 g/mol. The van der Waals surface area contributed by atoms with Crippen LogP contribution < -0.4 is 5.32 Å². The van der Waals surface area contributed by atoms with Gasteiger partial charge in [-0.2, -0.15) is 0 Å². The Morgan fingerprint density at radius 1 is 1.38 bits per heavy atom. The first-order valence-corrected chi connectivity index (χ1v) is 7.21. The number of aromatic carboxylic acids is 1. The van der Waals surface area contributed by atoms with Crippen molar-refractivity contribution < 1.29 is 29.3 Å². The van der Waals surface area contributed by atoms with Gasteiger partial charge in [0.15, 0.2) is 0 Å². The van der Waals surface area contributed by atoms with E-state index in [9.17, 15) is 14.4 Å². The van der Waals surface area contributed by atoms with E-state index in [1.54, 1.807) is 13.0 Å². The number of carboxylic acid groups (broad SMARTS) is 1. The molecule has 0 saturated carbocycles. The number of carbonyl (C=O) groups excluding carboxylic acids is 2. The number of nitrogens with one attached hydrogen (secondary N) is 1. The molecule has 24 heavy (non-hydrogen) atoms. The van der Waals surface area contributed by atoms with Gasteiger partial charge in [-0.1, -0.05) is 6.07 Å². The lowest BCUT2D eigenvalue weighted by atomic mass is 10.1. The van der Waals surface area contributed by atoms with Crippen LogP contribution in [0.15, 0.2) is 29.5 Å². The van der Waals surface area contributed by atoms with Crippen molar-refractivity contribution in [3.05, 3.63) is 40.6 Å². The fourth-order valence-electron chi connectivity index (χ4n) is 2.37. The number of esters is 1. The van der Waals surface area contributed by atoms with Crippen molar-refractivity contribution >= 4 is 23.5 Å². The third-order valence-corrected chi connectivity index (χ3v) is 3.70. The summed E-state index contributed by atoms with van der Waals surface area (Å²) in [6.07, 6.45) is 0. The summed E-state index contributed by atoms with van der Waals surface area (Å²) >= 11 is 0. The molecular weight excluding hydrogens is 316 g/mol. The van der Waals surface area contributed by atoms with Gasteiger partial charge in [0.05, 0.1) is 31.4 Å². The number of aryl methyl sites for hydroxylation is 1. The van der Waals surface area contributed by atoms with Crippen LogP contribution in [0.4, 0.5) is 5.69 Å². The van der Waals surface area contributed by atoms with E-state index in [0.29, 0.717) is 11.3 Å². The molecule has 8 nitrogen and oxygen atoms in total. The first kappa shape index (κ1) is 17.5. The van der Waals surface area contributed by atoms with E-state index in [-0.39, 0.29) is 36.5 Å². The summed E-state index contributed by atoms with van der Waals surface area (Å²) in [4.78, 5) is 36.8. The first-order valence-electron chi connectivity index (χ1n) is 7.21. The number of hydrogen-bond acceptors (Lipinski definition) is 6. The van der Waals surface area contributed by atoms with Crippen LogP contribution >= 0.6 is 0 Å². The molecule has 0 aromatic heterocycles. The third-order valence-electron chi connectivity index (χ3n) is 3.70. The number of rotatable bonds is 6. The Balaban J connectivity index is 2.40. The monoisotopic (exact) mass is 334 g/mol. The Labute approximate surface area is 138 Å². The molecule has 0 atom stereocenters. The van der Waals surface area contributed by atoms with Crippen molar-refractivity contribution in [3.63, 3.8) is 0 Å². The third kappa shape index (κ3) is 3.38. The van der Waals surface area contributed by atoms with Crippen molar-refractivity contribution in [2.75, 3.05) is 32.1 Å². The van der Waals surface area contributed by atoms with Crippen LogP contribution in [-0.2, 0) is 14.3 Å². The summed E-state index contributed by atoms with van der Waals surface area (Å²) in [5.74, 6) is -2.21. The minimum Gasteiger partial charge on any atom is -0.478 e. The Bertz CT molecular complexity index is 725. The molecular formula is C16H18N2O6.